The van der Waals surface area contributed by atoms with Gasteiger partial charge in [-0.1, -0.05) is 27.7 Å². The SMILES string of the molecule is COC(C)CN1C(=O)C(CC(C)C)NC1C(C)C. The zero-order valence-corrected chi connectivity index (χ0v) is 12.6. The molecule has 106 valence electrons. The zero-order chi connectivity index (χ0) is 13.9. The molecule has 0 bridgehead atoms. The smallest absolute Gasteiger partial charge is 0.241 e. The highest BCUT2D eigenvalue weighted by Crippen LogP contribution is 2.22. The van der Waals surface area contributed by atoms with E-state index in [1.165, 1.54) is 0 Å². The van der Waals surface area contributed by atoms with Crippen LogP contribution in [0.3, 0.4) is 0 Å². The second-order valence-electron chi connectivity index (χ2n) is 6.07. The Balaban J connectivity index is 2.74. The average Bonchev–Trinajstić information content (AvgIpc) is 2.57. The Labute approximate surface area is 111 Å². The third kappa shape index (κ3) is 3.69. The molecule has 0 aromatic carbocycles. The van der Waals surface area contributed by atoms with Crippen LogP contribution in [0.5, 0.6) is 0 Å². The number of nitrogens with zero attached hydrogens (tertiary/aromatic N) is 1. The van der Waals surface area contributed by atoms with E-state index in [0.717, 1.165) is 6.42 Å². The second-order valence-corrected chi connectivity index (χ2v) is 6.07. The lowest BCUT2D eigenvalue weighted by molar-refractivity contribution is -0.132. The van der Waals surface area contributed by atoms with Crippen molar-refractivity contribution in [3.8, 4) is 0 Å². The second kappa shape index (κ2) is 6.53. The van der Waals surface area contributed by atoms with Crippen molar-refractivity contribution in [2.45, 2.75) is 59.4 Å². The number of methoxy groups -OCH3 is 1. The summed E-state index contributed by atoms with van der Waals surface area (Å²) in [7, 11) is 1.69. The maximum absolute atomic E-state index is 12.4. The van der Waals surface area contributed by atoms with Gasteiger partial charge in [-0.2, -0.15) is 0 Å². The molecule has 1 amide bonds. The van der Waals surface area contributed by atoms with Crippen LogP contribution in [0, 0.1) is 11.8 Å². The summed E-state index contributed by atoms with van der Waals surface area (Å²) in [5.74, 6) is 1.17. The van der Waals surface area contributed by atoms with Crippen molar-refractivity contribution >= 4 is 5.91 Å². The fourth-order valence-electron chi connectivity index (χ4n) is 2.45. The van der Waals surface area contributed by atoms with Gasteiger partial charge >= 0.3 is 0 Å². The number of ether oxygens (including phenoxy) is 1. The lowest BCUT2D eigenvalue weighted by atomic mass is 10.0. The van der Waals surface area contributed by atoms with Crippen LogP contribution >= 0.6 is 0 Å². The minimum Gasteiger partial charge on any atom is -0.380 e. The summed E-state index contributed by atoms with van der Waals surface area (Å²) in [6, 6.07) is -0.0264. The van der Waals surface area contributed by atoms with Gasteiger partial charge in [-0.3, -0.25) is 10.1 Å². The van der Waals surface area contributed by atoms with Crippen molar-refractivity contribution in [2.75, 3.05) is 13.7 Å². The third-order valence-corrected chi connectivity index (χ3v) is 3.48. The van der Waals surface area contributed by atoms with Gasteiger partial charge in [0.05, 0.1) is 18.3 Å². The van der Waals surface area contributed by atoms with E-state index in [9.17, 15) is 4.79 Å². The lowest BCUT2D eigenvalue weighted by Gasteiger charge is -2.29. The molecule has 1 N–H and O–H groups in total. The zero-order valence-electron chi connectivity index (χ0n) is 12.6. The normalized spacial score (nSPS) is 26.4. The number of rotatable bonds is 6. The molecule has 0 aliphatic carbocycles. The molecule has 1 saturated heterocycles. The summed E-state index contributed by atoms with van der Waals surface area (Å²) < 4.78 is 5.28. The molecule has 0 aromatic heterocycles. The molecule has 0 aromatic rings. The lowest BCUT2D eigenvalue weighted by Crippen LogP contribution is -2.44. The molecule has 3 atom stereocenters. The molecule has 4 heteroatoms. The van der Waals surface area contributed by atoms with Gasteiger partial charge in [-0.25, -0.2) is 0 Å². The van der Waals surface area contributed by atoms with Crippen LogP contribution in [-0.4, -0.2) is 42.8 Å². The Bertz CT molecular complexity index is 279. The molecule has 0 radical (unpaired) electrons. The highest BCUT2D eigenvalue weighted by molar-refractivity contribution is 5.84. The Hall–Kier alpha value is -0.610. The molecule has 1 rings (SSSR count). The first-order valence-corrected chi connectivity index (χ1v) is 6.96. The number of carbonyl (C=O) groups is 1. The Morgan fingerprint density at radius 3 is 2.33 bits per heavy atom. The van der Waals surface area contributed by atoms with Gasteiger partial charge in [-0.15, -0.1) is 0 Å². The van der Waals surface area contributed by atoms with Crippen LogP contribution in [-0.2, 0) is 9.53 Å². The van der Waals surface area contributed by atoms with E-state index in [1.54, 1.807) is 7.11 Å². The van der Waals surface area contributed by atoms with Crippen molar-refractivity contribution in [1.82, 2.24) is 10.2 Å². The summed E-state index contributed by atoms with van der Waals surface area (Å²) in [6.07, 6.45) is 1.12. The van der Waals surface area contributed by atoms with Gasteiger partial charge in [0, 0.05) is 13.7 Å². The number of amides is 1. The summed E-state index contributed by atoms with van der Waals surface area (Å²) in [4.78, 5) is 14.4. The van der Waals surface area contributed by atoms with Crippen LogP contribution < -0.4 is 5.32 Å². The van der Waals surface area contributed by atoms with Gasteiger partial charge in [0.2, 0.25) is 5.91 Å². The van der Waals surface area contributed by atoms with Crippen LogP contribution in [0.25, 0.3) is 0 Å². The molecule has 1 aliphatic heterocycles. The topological polar surface area (TPSA) is 41.6 Å². The predicted molar refractivity (Wildman–Crippen MR) is 73.2 cm³/mol. The molecule has 1 heterocycles. The van der Waals surface area contributed by atoms with Crippen molar-refractivity contribution in [3.63, 3.8) is 0 Å². The summed E-state index contributed by atoms with van der Waals surface area (Å²) in [6.45, 7) is 11.3. The monoisotopic (exact) mass is 256 g/mol. The minimum absolute atomic E-state index is 0.0264. The molecule has 1 fully saturated rings. The largest absolute Gasteiger partial charge is 0.380 e. The van der Waals surface area contributed by atoms with Gasteiger partial charge < -0.3 is 9.64 Å². The maximum Gasteiger partial charge on any atom is 0.241 e. The van der Waals surface area contributed by atoms with Crippen LogP contribution in [0.15, 0.2) is 0 Å². The number of hydrogen-bond acceptors (Lipinski definition) is 3. The highest BCUT2D eigenvalue weighted by Gasteiger charge is 2.40. The van der Waals surface area contributed by atoms with Gasteiger partial charge in [0.15, 0.2) is 0 Å². The molecule has 1 aliphatic rings. The quantitative estimate of drug-likeness (QED) is 0.788. The molecule has 3 unspecified atom stereocenters. The first-order valence-electron chi connectivity index (χ1n) is 6.96. The van der Waals surface area contributed by atoms with Crippen LogP contribution in [0.2, 0.25) is 0 Å². The molecule has 4 nitrogen and oxygen atoms in total. The first kappa shape index (κ1) is 15.4. The summed E-state index contributed by atoms with van der Waals surface area (Å²) >= 11 is 0. The van der Waals surface area contributed by atoms with E-state index in [2.05, 4.69) is 33.0 Å². The van der Waals surface area contributed by atoms with Crippen LogP contribution in [0.4, 0.5) is 0 Å². The first-order chi connectivity index (χ1) is 8.36. The highest BCUT2D eigenvalue weighted by atomic mass is 16.5. The molecular formula is C14H28N2O2. The average molecular weight is 256 g/mol. The maximum atomic E-state index is 12.4. The Morgan fingerprint density at radius 2 is 1.89 bits per heavy atom. The van der Waals surface area contributed by atoms with E-state index in [-0.39, 0.29) is 24.2 Å². The van der Waals surface area contributed by atoms with Crippen molar-refractivity contribution in [3.05, 3.63) is 0 Å². The third-order valence-electron chi connectivity index (χ3n) is 3.48. The minimum atomic E-state index is -0.0264. The van der Waals surface area contributed by atoms with Gasteiger partial charge in [0.1, 0.15) is 0 Å². The standard InChI is InChI=1S/C14H28N2O2/c1-9(2)7-12-14(17)16(8-11(5)18-6)13(15-12)10(3)4/h9-13,15H,7-8H2,1-6H3. The van der Waals surface area contributed by atoms with Crippen molar-refractivity contribution in [1.29, 1.82) is 0 Å². The van der Waals surface area contributed by atoms with E-state index in [0.29, 0.717) is 18.4 Å². The Kier molecular flexibility index (Phi) is 5.60. The van der Waals surface area contributed by atoms with Crippen molar-refractivity contribution < 1.29 is 9.53 Å². The summed E-state index contributed by atoms with van der Waals surface area (Å²) in [5, 5.41) is 3.47. The van der Waals surface area contributed by atoms with Gasteiger partial charge in [0.25, 0.3) is 0 Å². The van der Waals surface area contributed by atoms with Crippen molar-refractivity contribution in [2.24, 2.45) is 11.8 Å². The molecule has 0 spiro atoms. The fraction of sp³-hybridized carbons (Fsp3) is 0.929. The summed E-state index contributed by atoms with van der Waals surface area (Å²) in [5.41, 5.74) is 0. The fourth-order valence-corrected chi connectivity index (χ4v) is 2.45. The van der Waals surface area contributed by atoms with E-state index in [1.807, 2.05) is 11.8 Å². The predicted octanol–water partition coefficient (Wildman–Crippen LogP) is 1.85. The Morgan fingerprint density at radius 1 is 1.28 bits per heavy atom. The number of carbonyl (C=O) groups excluding carboxylic acids is 1. The number of hydrogen-bond donors (Lipinski definition) is 1. The molecule has 0 saturated carbocycles. The van der Waals surface area contributed by atoms with E-state index >= 15 is 0 Å². The van der Waals surface area contributed by atoms with Gasteiger partial charge in [-0.05, 0) is 25.2 Å². The van der Waals surface area contributed by atoms with E-state index < -0.39 is 0 Å². The molecule has 18 heavy (non-hydrogen) atoms. The number of nitrogens with one attached hydrogen (secondary N) is 1. The molecular weight excluding hydrogens is 228 g/mol. The van der Waals surface area contributed by atoms with E-state index in [4.69, 9.17) is 4.74 Å². The van der Waals surface area contributed by atoms with Crippen LogP contribution in [0.1, 0.15) is 41.0 Å².